The van der Waals surface area contributed by atoms with Crippen molar-refractivity contribution >= 4 is 44.2 Å². The molecule has 10 heteroatoms. The van der Waals surface area contributed by atoms with Crippen molar-refractivity contribution < 1.29 is 24.4 Å². The summed E-state index contributed by atoms with van der Waals surface area (Å²) in [7, 11) is 1.10. The van der Waals surface area contributed by atoms with Gasteiger partial charge in [-0.15, -0.1) is 0 Å². The first kappa shape index (κ1) is 18.6. The van der Waals surface area contributed by atoms with Crippen LogP contribution in [-0.4, -0.2) is 28.9 Å². The Bertz CT molecular complexity index is 1170. The third kappa shape index (κ3) is 2.99. The number of esters is 1. The molecule has 4 rings (SSSR count). The number of non-ortho nitro benzene ring substituents is 1. The maximum Gasteiger partial charge on any atom is 0.335 e. The molecule has 0 saturated carbocycles. The minimum Gasteiger partial charge on any atom is -0.868 e. The summed E-state index contributed by atoms with van der Waals surface area (Å²) < 4.78 is 5.48. The summed E-state index contributed by atoms with van der Waals surface area (Å²) in [5.41, 5.74) is 0.218. The molecule has 29 heavy (non-hydrogen) atoms. The summed E-state index contributed by atoms with van der Waals surface area (Å²) in [6.07, 6.45) is 0. The zero-order valence-electron chi connectivity index (χ0n) is 14.9. The number of benzene rings is 2. The van der Waals surface area contributed by atoms with Crippen LogP contribution < -0.4 is 10.0 Å². The number of nitro benzene ring substituents is 1. The highest BCUT2D eigenvalue weighted by atomic mass is 32.1. The molecule has 3 aromatic rings. The summed E-state index contributed by atoms with van der Waals surface area (Å²) in [6.45, 7) is 0. The number of carbonyl (C=O) groups is 2. The van der Waals surface area contributed by atoms with Gasteiger partial charge in [-0.2, -0.15) is 0 Å². The smallest absolute Gasteiger partial charge is 0.335 e. The first-order valence-electron chi connectivity index (χ1n) is 8.35. The molecule has 2 aromatic carbocycles. The monoisotopic (exact) mass is 410 g/mol. The van der Waals surface area contributed by atoms with Crippen LogP contribution in [0, 0.1) is 10.1 Å². The first-order chi connectivity index (χ1) is 13.9. The number of rotatable bonds is 4. The Kier molecular flexibility index (Phi) is 4.47. The van der Waals surface area contributed by atoms with E-state index in [0.717, 1.165) is 16.7 Å². The van der Waals surface area contributed by atoms with Gasteiger partial charge in [-0.25, -0.2) is 9.78 Å². The molecule has 0 radical (unpaired) electrons. The predicted molar refractivity (Wildman–Crippen MR) is 102 cm³/mol. The Morgan fingerprint density at radius 1 is 1.24 bits per heavy atom. The van der Waals surface area contributed by atoms with Gasteiger partial charge in [-0.1, -0.05) is 35.6 Å². The molecule has 1 aliphatic heterocycles. The van der Waals surface area contributed by atoms with E-state index in [1.165, 1.54) is 35.6 Å². The molecule has 2 heterocycles. The number of nitrogens with zero attached hydrogens (tertiary/aromatic N) is 3. The number of fused-ring (bicyclic) bond motifs is 1. The van der Waals surface area contributed by atoms with Gasteiger partial charge in [0.2, 0.25) is 5.91 Å². The first-order valence-corrected chi connectivity index (χ1v) is 9.17. The van der Waals surface area contributed by atoms with Crippen LogP contribution in [0.4, 0.5) is 10.8 Å². The van der Waals surface area contributed by atoms with Crippen molar-refractivity contribution in [2.75, 3.05) is 12.0 Å². The fourth-order valence-electron chi connectivity index (χ4n) is 3.19. The SMILES string of the molecule is COC(=O)C1=C([O-])C(=O)N(c2nc3ccccc3s2)C1c1cccc([N+](=O)[O-])c1. The third-order valence-corrected chi connectivity index (χ3v) is 5.52. The molecule has 1 aliphatic rings. The van der Waals surface area contributed by atoms with Crippen LogP contribution in [0.2, 0.25) is 0 Å². The summed E-state index contributed by atoms with van der Waals surface area (Å²) in [5, 5.41) is 24.0. The zero-order chi connectivity index (χ0) is 20.7. The molecule has 1 unspecified atom stereocenters. The normalized spacial score (nSPS) is 16.5. The quantitative estimate of drug-likeness (QED) is 0.366. The maximum absolute atomic E-state index is 12.8. The molecular formula is C19H12N3O6S-. The van der Waals surface area contributed by atoms with Gasteiger partial charge in [0.25, 0.3) is 5.69 Å². The van der Waals surface area contributed by atoms with Crippen LogP contribution >= 0.6 is 11.3 Å². The number of nitro groups is 1. The predicted octanol–water partition coefficient (Wildman–Crippen LogP) is 2.08. The van der Waals surface area contributed by atoms with Gasteiger partial charge >= 0.3 is 5.97 Å². The molecule has 9 nitrogen and oxygen atoms in total. The van der Waals surface area contributed by atoms with E-state index in [1.807, 2.05) is 12.1 Å². The third-order valence-electron chi connectivity index (χ3n) is 4.48. The van der Waals surface area contributed by atoms with E-state index in [0.29, 0.717) is 5.52 Å². The second kappa shape index (κ2) is 6.99. The average Bonchev–Trinajstić information content (AvgIpc) is 3.26. The van der Waals surface area contributed by atoms with Crippen molar-refractivity contribution in [1.82, 2.24) is 4.98 Å². The van der Waals surface area contributed by atoms with E-state index in [-0.39, 0.29) is 16.4 Å². The van der Waals surface area contributed by atoms with Crippen LogP contribution in [-0.2, 0) is 14.3 Å². The molecule has 0 aliphatic carbocycles. The highest BCUT2D eigenvalue weighted by molar-refractivity contribution is 7.22. The van der Waals surface area contributed by atoms with Crippen LogP contribution in [0.5, 0.6) is 0 Å². The Hall–Kier alpha value is -3.79. The number of carbonyl (C=O) groups excluding carboxylic acids is 2. The number of methoxy groups -OCH3 is 1. The van der Waals surface area contributed by atoms with Gasteiger partial charge in [-0.3, -0.25) is 19.8 Å². The van der Waals surface area contributed by atoms with Crippen LogP contribution in [0.15, 0.2) is 59.9 Å². The molecule has 0 saturated heterocycles. The molecule has 0 spiro atoms. The van der Waals surface area contributed by atoms with Crippen LogP contribution in [0.3, 0.4) is 0 Å². The lowest BCUT2D eigenvalue weighted by molar-refractivity contribution is -0.384. The van der Waals surface area contributed by atoms with Gasteiger partial charge in [0, 0.05) is 12.1 Å². The van der Waals surface area contributed by atoms with Gasteiger partial charge in [0.1, 0.15) is 0 Å². The molecule has 0 N–H and O–H groups in total. The molecule has 0 fully saturated rings. The van der Waals surface area contributed by atoms with E-state index in [2.05, 4.69) is 4.98 Å². The summed E-state index contributed by atoms with van der Waals surface area (Å²) in [4.78, 5) is 41.2. The zero-order valence-corrected chi connectivity index (χ0v) is 15.7. The fraction of sp³-hybridized carbons (Fsp3) is 0.105. The van der Waals surface area contributed by atoms with Crippen molar-refractivity contribution in [2.45, 2.75) is 6.04 Å². The average molecular weight is 410 g/mol. The second-order valence-electron chi connectivity index (χ2n) is 6.13. The summed E-state index contributed by atoms with van der Waals surface area (Å²) in [6, 6.07) is 11.4. The summed E-state index contributed by atoms with van der Waals surface area (Å²) >= 11 is 1.17. The Morgan fingerprint density at radius 3 is 2.69 bits per heavy atom. The van der Waals surface area contributed by atoms with E-state index in [9.17, 15) is 24.8 Å². The van der Waals surface area contributed by atoms with E-state index in [1.54, 1.807) is 12.1 Å². The summed E-state index contributed by atoms with van der Waals surface area (Å²) in [5.74, 6) is -2.93. The molecular weight excluding hydrogens is 398 g/mol. The van der Waals surface area contributed by atoms with Gasteiger partial charge < -0.3 is 9.84 Å². The minimum atomic E-state index is -1.18. The van der Waals surface area contributed by atoms with Crippen molar-refractivity contribution in [3.8, 4) is 0 Å². The lowest BCUT2D eigenvalue weighted by Gasteiger charge is -2.24. The minimum absolute atomic E-state index is 0.208. The topological polar surface area (TPSA) is 126 Å². The largest absolute Gasteiger partial charge is 0.868 e. The van der Waals surface area contributed by atoms with E-state index in [4.69, 9.17) is 4.74 Å². The number of thiazole rings is 1. The van der Waals surface area contributed by atoms with Gasteiger partial charge in [0.05, 0.1) is 33.9 Å². The van der Waals surface area contributed by atoms with Gasteiger partial charge in [-0.05, 0) is 23.5 Å². The number of hydrogen-bond donors (Lipinski definition) is 0. The van der Waals surface area contributed by atoms with Crippen LogP contribution in [0.1, 0.15) is 11.6 Å². The van der Waals surface area contributed by atoms with Crippen LogP contribution in [0.25, 0.3) is 10.2 Å². The van der Waals surface area contributed by atoms with Gasteiger partial charge in [0.15, 0.2) is 5.13 Å². The number of amides is 1. The number of ether oxygens (including phenoxy) is 1. The van der Waals surface area contributed by atoms with E-state index >= 15 is 0 Å². The highest BCUT2D eigenvalue weighted by Crippen LogP contribution is 2.43. The van der Waals surface area contributed by atoms with Crippen molar-refractivity contribution in [3.05, 3.63) is 75.5 Å². The standard InChI is InChI=1S/C19H13N3O6S/c1-28-18(25)14-15(10-5-4-6-11(9-10)22(26)27)21(17(24)16(14)23)19-20-12-7-2-3-8-13(12)29-19/h2-9,15,23H,1H3/p-1. The number of aromatic nitrogens is 1. The Labute approximate surface area is 167 Å². The lowest BCUT2D eigenvalue weighted by atomic mass is 9.99. The maximum atomic E-state index is 12.8. The van der Waals surface area contributed by atoms with E-state index < -0.39 is 34.2 Å². The van der Waals surface area contributed by atoms with Crippen molar-refractivity contribution in [1.29, 1.82) is 0 Å². The molecule has 1 aromatic heterocycles. The number of hydrogen-bond acceptors (Lipinski definition) is 8. The Morgan fingerprint density at radius 2 is 2.00 bits per heavy atom. The van der Waals surface area contributed by atoms with Crippen molar-refractivity contribution in [2.24, 2.45) is 0 Å². The van der Waals surface area contributed by atoms with Crippen molar-refractivity contribution in [3.63, 3.8) is 0 Å². The Balaban J connectivity index is 1.91. The highest BCUT2D eigenvalue weighted by Gasteiger charge is 2.42. The second-order valence-corrected chi connectivity index (χ2v) is 7.14. The molecule has 146 valence electrons. The molecule has 0 bridgehead atoms. The fourth-order valence-corrected chi connectivity index (χ4v) is 4.19. The molecule has 1 amide bonds. The number of para-hydroxylation sites is 1. The lowest BCUT2D eigenvalue weighted by Crippen LogP contribution is -2.32. The number of anilines is 1. The molecule has 1 atom stereocenters.